The first-order valence-corrected chi connectivity index (χ1v) is 4.64. The number of epoxide rings is 1. The van der Waals surface area contributed by atoms with E-state index in [0.29, 0.717) is 12.2 Å². The first-order chi connectivity index (χ1) is 7.20. The second-order valence-corrected chi connectivity index (χ2v) is 3.45. The Bertz CT molecular complexity index is 444. The van der Waals surface area contributed by atoms with E-state index in [1.165, 1.54) is 0 Å². The summed E-state index contributed by atoms with van der Waals surface area (Å²) in [5.74, 6) is -0.122. The molecule has 4 heteroatoms. The quantitative estimate of drug-likeness (QED) is 0.733. The standard InChI is InChI=1S/C11H10N2O2/c1-7-4-8(5-12)2-3-9(7)13-11(14)10-6-15-10/h2-4,10H,6H2,1H3,(H,13,14). The molecule has 1 aromatic carbocycles. The monoisotopic (exact) mass is 202 g/mol. The van der Waals surface area contributed by atoms with Crippen molar-refractivity contribution in [2.75, 3.05) is 11.9 Å². The Morgan fingerprint density at radius 1 is 1.67 bits per heavy atom. The number of carbonyl (C=O) groups excluding carboxylic acids is 1. The van der Waals surface area contributed by atoms with Crippen LogP contribution in [0.25, 0.3) is 0 Å². The third-order valence-electron chi connectivity index (χ3n) is 2.24. The maximum absolute atomic E-state index is 11.4. The van der Waals surface area contributed by atoms with Crippen LogP contribution >= 0.6 is 0 Å². The maximum atomic E-state index is 11.4. The first kappa shape index (κ1) is 9.69. The summed E-state index contributed by atoms with van der Waals surface area (Å²) in [7, 11) is 0. The molecule has 15 heavy (non-hydrogen) atoms. The van der Waals surface area contributed by atoms with E-state index in [1.807, 2.05) is 13.0 Å². The predicted molar refractivity (Wildman–Crippen MR) is 54.3 cm³/mol. The zero-order valence-electron chi connectivity index (χ0n) is 8.28. The van der Waals surface area contributed by atoms with E-state index in [0.717, 1.165) is 11.3 Å². The molecule has 1 aliphatic rings. The third kappa shape index (κ3) is 2.14. The van der Waals surface area contributed by atoms with Gasteiger partial charge in [0.15, 0.2) is 6.10 Å². The molecule has 1 amide bonds. The molecule has 0 aromatic heterocycles. The molecule has 0 spiro atoms. The molecule has 4 nitrogen and oxygen atoms in total. The summed E-state index contributed by atoms with van der Waals surface area (Å²) in [6, 6.07) is 7.19. The van der Waals surface area contributed by atoms with Gasteiger partial charge in [-0.1, -0.05) is 0 Å². The summed E-state index contributed by atoms with van der Waals surface area (Å²) in [5.41, 5.74) is 2.20. The van der Waals surface area contributed by atoms with Crippen molar-refractivity contribution in [1.29, 1.82) is 5.26 Å². The fourth-order valence-corrected chi connectivity index (χ4v) is 1.29. The highest BCUT2D eigenvalue weighted by Gasteiger charge is 2.31. The van der Waals surface area contributed by atoms with Crippen molar-refractivity contribution in [3.05, 3.63) is 29.3 Å². The molecule has 1 aliphatic heterocycles. The van der Waals surface area contributed by atoms with Crippen LogP contribution in [0.1, 0.15) is 11.1 Å². The summed E-state index contributed by atoms with van der Waals surface area (Å²) in [4.78, 5) is 11.4. The highest BCUT2D eigenvalue weighted by molar-refractivity contribution is 5.96. The van der Waals surface area contributed by atoms with Gasteiger partial charge in [-0.25, -0.2) is 0 Å². The second kappa shape index (κ2) is 3.71. The summed E-state index contributed by atoms with van der Waals surface area (Å²) in [5, 5.41) is 11.4. The number of aryl methyl sites for hydroxylation is 1. The maximum Gasteiger partial charge on any atom is 0.255 e. The van der Waals surface area contributed by atoms with Crippen molar-refractivity contribution in [2.45, 2.75) is 13.0 Å². The number of benzene rings is 1. The number of hydrogen-bond donors (Lipinski definition) is 1. The Morgan fingerprint density at radius 3 is 2.93 bits per heavy atom. The Labute approximate surface area is 87.5 Å². The molecular formula is C11H10N2O2. The molecule has 0 aliphatic carbocycles. The number of amides is 1. The summed E-state index contributed by atoms with van der Waals surface area (Å²) < 4.78 is 4.86. The summed E-state index contributed by atoms with van der Waals surface area (Å²) >= 11 is 0. The summed E-state index contributed by atoms with van der Waals surface area (Å²) in [6.45, 7) is 2.35. The Morgan fingerprint density at radius 2 is 2.40 bits per heavy atom. The van der Waals surface area contributed by atoms with E-state index in [-0.39, 0.29) is 12.0 Å². The van der Waals surface area contributed by atoms with E-state index >= 15 is 0 Å². The number of carbonyl (C=O) groups is 1. The fourth-order valence-electron chi connectivity index (χ4n) is 1.29. The number of anilines is 1. The average Bonchev–Trinajstić information content (AvgIpc) is 3.04. The molecule has 1 atom stereocenters. The van der Waals surface area contributed by atoms with Crippen LogP contribution in [0, 0.1) is 18.3 Å². The zero-order chi connectivity index (χ0) is 10.8. The van der Waals surface area contributed by atoms with Crippen molar-refractivity contribution < 1.29 is 9.53 Å². The normalized spacial score (nSPS) is 18.0. The Hall–Kier alpha value is -1.86. The molecule has 1 aromatic rings. The van der Waals surface area contributed by atoms with Crippen LogP contribution in [0.15, 0.2) is 18.2 Å². The molecule has 0 bridgehead atoms. The number of nitriles is 1. The Balaban J connectivity index is 2.14. The third-order valence-corrected chi connectivity index (χ3v) is 2.24. The van der Waals surface area contributed by atoms with Gasteiger partial charge in [0, 0.05) is 5.69 Å². The van der Waals surface area contributed by atoms with Crippen molar-refractivity contribution in [1.82, 2.24) is 0 Å². The largest absolute Gasteiger partial charge is 0.363 e. The average molecular weight is 202 g/mol. The van der Waals surface area contributed by atoms with Crippen LogP contribution in [0.5, 0.6) is 0 Å². The van der Waals surface area contributed by atoms with Gasteiger partial charge in [0.2, 0.25) is 0 Å². The second-order valence-electron chi connectivity index (χ2n) is 3.45. The molecule has 1 heterocycles. The van der Waals surface area contributed by atoms with Crippen molar-refractivity contribution in [3.63, 3.8) is 0 Å². The molecule has 1 N–H and O–H groups in total. The summed E-state index contributed by atoms with van der Waals surface area (Å²) in [6.07, 6.45) is -0.292. The molecular weight excluding hydrogens is 192 g/mol. The van der Waals surface area contributed by atoms with Crippen molar-refractivity contribution in [3.8, 4) is 6.07 Å². The molecule has 1 unspecified atom stereocenters. The van der Waals surface area contributed by atoms with Gasteiger partial charge in [-0.2, -0.15) is 5.26 Å². The van der Waals surface area contributed by atoms with Gasteiger partial charge < -0.3 is 10.1 Å². The smallest absolute Gasteiger partial charge is 0.255 e. The van der Waals surface area contributed by atoms with Gasteiger partial charge in [0.25, 0.3) is 5.91 Å². The minimum Gasteiger partial charge on any atom is -0.363 e. The van der Waals surface area contributed by atoms with Gasteiger partial charge in [-0.05, 0) is 30.7 Å². The van der Waals surface area contributed by atoms with E-state index in [2.05, 4.69) is 5.32 Å². The SMILES string of the molecule is Cc1cc(C#N)ccc1NC(=O)C1CO1. The minimum absolute atomic E-state index is 0.122. The lowest BCUT2D eigenvalue weighted by atomic mass is 10.1. The van der Waals surface area contributed by atoms with E-state index in [1.54, 1.807) is 18.2 Å². The van der Waals surface area contributed by atoms with Gasteiger partial charge in [-0.15, -0.1) is 0 Å². The highest BCUT2D eigenvalue weighted by atomic mass is 16.6. The fraction of sp³-hybridized carbons (Fsp3) is 0.273. The van der Waals surface area contributed by atoms with E-state index in [9.17, 15) is 4.79 Å². The molecule has 2 rings (SSSR count). The van der Waals surface area contributed by atoms with Gasteiger partial charge in [-0.3, -0.25) is 4.79 Å². The number of rotatable bonds is 2. The van der Waals surface area contributed by atoms with Crippen LogP contribution in [0.2, 0.25) is 0 Å². The molecule has 0 saturated carbocycles. The van der Waals surface area contributed by atoms with Crippen LogP contribution < -0.4 is 5.32 Å². The highest BCUT2D eigenvalue weighted by Crippen LogP contribution is 2.18. The molecule has 0 radical (unpaired) electrons. The van der Waals surface area contributed by atoms with Crippen LogP contribution in [0.4, 0.5) is 5.69 Å². The van der Waals surface area contributed by atoms with Crippen LogP contribution in [-0.4, -0.2) is 18.6 Å². The number of nitrogens with one attached hydrogen (secondary N) is 1. The van der Waals surface area contributed by atoms with Gasteiger partial charge in [0.1, 0.15) is 0 Å². The predicted octanol–water partition coefficient (Wildman–Crippen LogP) is 1.20. The lowest BCUT2D eigenvalue weighted by Crippen LogP contribution is -2.18. The number of hydrogen-bond acceptors (Lipinski definition) is 3. The van der Waals surface area contributed by atoms with Crippen LogP contribution in [-0.2, 0) is 9.53 Å². The van der Waals surface area contributed by atoms with E-state index in [4.69, 9.17) is 10.00 Å². The van der Waals surface area contributed by atoms with Gasteiger partial charge >= 0.3 is 0 Å². The van der Waals surface area contributed by atoms with E-state index < -0.39 is 0 Å². The van der Waals surface area contributed by atoms with Crippen molar-refractivity contribution in [2.24, 2.45) is 0 Å². The minimum atomic E-state index is -0.292. The lowest BCUT2D eigenvalue weighted by Gasteiger charge is -2.06. The molecule has 1 fully saturated rings. The zero-order valence-corrected chi connectivity index (χ0v) is 8.28. The molecule has 1 saturated heterocycles. The van der Waals surface area contributed by atoms with Crippen molar-refractivity contribution >= 4 is 11.6 Å². The number of ether oxygens (including phenoxy) is 1. The number of nitrogens with zero attached hydrogens (tertiary/aromatic N) is 1. The topological polar surface area (TPSA) is 65.4 Å². The first-order valence-electron chi connectivity index (χ1n) is 4.64. The Kier molecular flexibility index (Phi) is 2.40. The van der Waals surface area contributed by atoms with Gasteiger partial charge in [0.05, 0.1) is 18.2 Å². The lowest BCUT2D eigenvalue weighted by molar-refractivity contribution is -0.117. The van der Waals surface area contributed by atoms with Crippen LogP contribution in [0.3, 0.4) is 0 Å². The molecule has 76 valence electrons.